The van der Waals surface area contributed by atoms with Crippen LogP contribution < -0.4 is 10.1 Å². The summed E-state index contributed by atoms with van der Waals surface area (Å²) in [6.07, 6.45) is 6.78. The monoisotopic (exact) mass is 311 g/mol. The highest BCUT2D eigenvalue weighted by Crippen LogP contribution is 2.38. The second-order valence-electron chi connectivity index (χ2n) is 5.05. The molecule has 0 heterocycles. The van der Waals surface area contributed by atoms with Gasteiger partial charge >= 0.3 is 0 Å². The van der Waals surface area contributed by atoms with Gasteiger partial charge in [-0.3, -0.25) is 0 Å². The smallest absolute Gasteiger partial charge is 0.119 e. The number of hydrogen-bond donors (Lipinski definition) is 1. The number of halogens is 1. The first kappa shape index (κ1) is 13.9. The van der Waals surface area contributed by atoms with Crippen LogP contribution in [-0.2, 0) is 0 Å². The second-order valence-corrected chi connectivity index (χ2v) is 5.91. The van der Waals surface area contributed by atoms with Crippen LogP contribution in [0, 0.1) is 5.92 Å². The molecule has 1 saturated carbocycles. The van der Waals surface area contributed by atoms with Gasteiger partial charge in [-0.05, 0) is 49.6 Å². The van der Waals surface area contributed by atoms with E-state index < -0.39 is 0 Å². The molecule has 1 aromatic carbocycles. The van der Waals surface area contributed by atoms with E-state index >= 15 is 0 Å². The van der Waals surface area contributed by atoms with Gasteiger partial charge in [-0.15, -0.1) is 0 Å². The highest BCUT2D eigenvalue weighted by Gasteiger charge is 2.25. The lowest BCUT2D eigenvalue weighted by Crippen LogP contribution is -2.27. The van der Waals surface area contributed by atoms with Gasteiger partial charge in [0.1, 0.15) is 5.75 Å². The maximum atomic E-state index is 5.34. The topological polar surface area (TPSA) is 21.3 Å². The number of methoxy groups -OCH3 is 1. The Morgan fingerprint density at radius 2 is 2.00 bits per heavy atom. The van der Waals surface area contributed by atoms with Gasteiger partial charge in [0.05, 0.1) is 7.11 Å². The van der Waals surface area contributed by atoms with Crippen molar-refractivity contribution in [2.45, 2.75) is 38.1 Å². The van der Waals surface area contributed by atoms with Crippen LogP contribution in [0.1, 0.15) is 43.7 Å². The van der Waals surface area contributed by atoms with Crippen molar-refractivity contribution in [2.75, 3.05) is 14.2 Å². The van der Waals surface area contributed by atoms with Crippen LogP contribution in [0.4, 0.5) is 0 Å². The summed E-state index contributed by atoms with van der Waals surface area (Å²) in [6, 6.07) is 6.66. The molecule has 1 atom stereocenters. The molecule has 3 heteroatoms. The first-order chi connectivity index (χ1) is 8.76. The molecule has 1 unspecified atom stereocenters. The van der Waals surface area contributed by atoms with Gasteiger partial charge in [0.15, 0.2) is 0 Å². The summed E-state index contributed by atoms with van der Waals surface area (Å²) < 4.78 is 6.52. The van der Waals surface area contributed by atoms with Crippen molar-refractivity contribution in [2.24, 2.45) is 5.92 Å². The third kappa shape index (κ3) is 3.07. The van der Waals surface area contributed by atoms with Crippen LogP contribution in [0.5, 0.6) is 5.75 Å². The van der Waals surface area contributed by atoms with Crippen LogP contribution in [0.2, 0.25) is 0 Å². The minimum Gasteiger partial charge on any atom is -0.497 e. The van der Waals surface area contributed by atoms with Gasteiger partial charge in [-0.2, -0.15) is 0 Å². The molecule has 0 aliphatic heterocycles. The average molecular weight is 312 g/mol. The second kappa shape index (κ2) is 6.58. The number of rotatable bonds is 4. The summed E-state index contributed by atoms with van der Waals surface area (Å²) >= 11 is 3.67. The predicted molar refractivity (Wildman–Crippen MR) is 79.1 cm³/mol. The lowest BCUT2D eigenvalue weighted by molar-refractivity contribution is 0.280. The molecule has 100 valence electrons. The maximum Gasteiger partial charge on any atom is 0.119 e. The quantitative estimate of drug-likeness (QED) is 0.895. The molecule has 1 aromatic rings. The summed E-state index contributed by atoms with van der Waals surface area (Å²) in [5.74, 6) is 1.68. The Morgan fingerprint density at radius 1 is 1.28 bits per heavy atom. The SMILES string of the molecule is CNC(c1cc(OC)ccc1Br)C1CCCCC1. The first-order valence-corrected chi connectivity index (χ1v) is 7.56. The number of benzene rings is 1. The molecule has 1 aliphatic rings. The molecule has 18 heavy (non-hydrogen) atoms. The van der Waals surface area contributed by atoms with Gasteiger partial charge in [-0.1, -0.05) is 35.2 Å². The molecular formula is C15H22BrNO. The van der Waals surface area contributed by atoms with Crippen LogP contribution in [0.25, 0.3) is 0 Å². The van der Waals surface area contributed by atoms with E-state index in [1.165, 1.54) is 42.1 Å². The highest BCUT2D eigenvalue weighted by molar-refractivity contribution is 9.10. The molecule has 1 fully saturated rings. The van der Waals surface area contributed by atoms with Crippen LogP contribution in [0.15, 0.2) is 22.7 Å². The van der Waals surface area contributed by atoms with E-state index in [9.17, 15) is 0 Å². The molecule has 0 spiro atoms. The van der Waals surface area contributed by atoms with E-state index in [1.54, 1.807) is 7.11 Å². The number of nitrogens with one attached hydrogen (secondary N) is 1. The van der Waals surface area contributed by atoms with E-state index in [0.717, 1.165) is 11.7 Å². The Labute approximate surface area is 118 Å². The third-order valence-electron chi connectivity index (χ3n) is 3.97. The average Bonchev–Trinajstić information content (AvgIpc) is 2.43. The Hall–Kier alpha value is -0.540. The largest absolute Gasteiger partial charge is 0.497 e. The Balaban J connectivity index is 2.25. The van der Waals surface area contributed by atoms with Crippen molar-refractivity contribution in [3.05, 3.63) is 28.2 Å². The lowest BCUT2D eigenvalue weighted by Gasteiger charge is -2.31. The van der Waals surface area contributed by atoms with Gasteiger partial charge in [0, 0.05) is 10.5 Å². The van der Waals surface area contributed by atoms with Gasteiger partial charge < -0.3 is 10.1 Å². The summed E-state index contributed by atoms with van der Waals surface area (Å²) in [7, 11) is 3.78. The minimum atomic E-state index is 0.426. The van der Waals surface area contributed by atoms with Crippen molar-refractivity contribution < 1.29 is 4.74 Å². The fourth-order valence-electron chi connectivity index (χ4n) is 3.00. The fraction of sp³-hybridized carbons (Fsp3) is 0.600. The van der Waals surface area contributed by atoms with Crippen LogP contribution in [-0.4, -0.2) is 14.2 Å². The molecular weight excluding hydrogens is 290 g/mol. The zero-order valence-corrected chi connectivity index (χ0v) is 12.8. The Kier molecular flexibility index (Phi) is 5.07. The highest BCUT2D eigenvalue weighted by atomic mass is 79.9. The molecule has 0 radical (unpaired) electrons. The Morgan fingerprint density at radius 3 is 2.61 bits per heavy atom. The fourth-order valence-corrected chi connectivity index (χ4v) is 3.49. The summed E-state index contributed by atoms with van der Waals surface area (Å²) in [5.41, 5.74) is 1.32. The standard InChI is InChI=1S/C15H22BrNO/c1-17-15(11-6-4-3-5-7-11)13-10-12(18-2)8-9-14(13)16/h8-11,15,17H,3-7H2,1-2H3. The summed E-state index contributed by atoms with van der Waals surface area (Å²) in [6.45, 7) is 0. The van der Waals surface area contributed by atoms with E-state index in [2.05, 4.69) is 40.4 Å². The molecule has 0 bridgehead atoms. The van der Waals surface area contributed by atoms with Gasteiger partial charge in [0.2, 0.25) is 0 Å². The van der Waals surface area contributed by atoms with Crippen molar-refractivity contribution in [3.8, 4) is 5.75 Å². The van der Waals surface area contributed by atoms with E-state index in [0.29, 0.717) is 6.04 Å². The van der Waals surface area contributed by atoms with Crippen molar-refractivity contribution >= 4 is 15.9 Å². The Bertz CT molecular complexity index is 388. The number of ether oxygens (including phenoxy) is 1. The summed E-state index contributed by atoms with van der Waals surface area (Å²) in [5, 5.41) is 3.49. The zero-order chi connectivity index (χ0) is 13.0. The zero-order valence-electron chi connectivity index (χ0n) is 11.2. The molecule has 1 N–H and O–H groups in total. The third-order valence-corrected chi connectivity index (χ3v) is 4.69. The first-order valence-electron chi connectivity index (χ1n) is 6.77. The molecule has 2 nitrogen and oxygen atoms in total. The number of hydrogen-bond acceptors (Lipinski definition) is 2. The minimum absolute atomic E-state index is 0.426. The molecule has 0 saturated heterocycles. The van der Waals surface area contributed by atoms with Crippen molar-refractivity contribution in [1.82, 2.24) is 5.32 Å². The normalized spacial score (nSPS) is 18.6. The van der Waals surface area contributed by atoms with Crippen molar-refractivity contribution in [3.63, 3.8) is 0 Å². The van der Waals surface area contributed by atoms with E-state index in [-0.39, 0.29) is 0 Å². The molecule has 0 aromatic heterocycles. The molecule has 1 aliphatic carbocycles. The lowest BCUT2D eigenvalue weighted by atomic mass is 9.81. The summed E-state index contributed by atoms with van der Waals surface area (Å²) in [4.78, 5) is 0. The van der Waals surface area contributed by atoms with Gasteiger partial charge in [-0.25, -0.2) is 0 Å². The van der Waals surface area contributed by atoms with Gasteiger partial charge in [0.25, 0.3) is 0 Å². The molecule has 0 amide bonds. The molecule has 2 rings (SSSR count). The van der Waals surface area contributed by atoms with Crippen LogP contribution in [0.3, 0.4) is 0 Å². The predicted octanol–water partition coefficient (Wildman–Crippen LogP) is 4.30. The van der Waals surface area contributed by atoms with Crippen LogP contribution >= 0.6 is 15.9 Å². The maximum absolute atomic E-state index is 5.34. The van der Waals surface area contributed by atoms with E-state index in [4.69, 9.17) is 4.74 Å². The van der Waals surface area contributed by atoms with E-state index in [1.807, 2.05) is 6.07 Å². The van der Waals surface area contributed by atoms with Crippen molar-refractivity contribution in [1.29, 1.82) is 0 Å².